The Labute approximate surface area is 355 Å². The number of aromatic nitrogens is 5. The van der Waals surface area contributed by atoms with Crippen LogP contribution in [0.4, 0.5) is 0 Å². The third-order valence-corrected chi connectivity index (χ3v) is 18.8. The van der Waals surface area contributed by atoms with Crippen molar-refractivity contribution in [2.45, 2.75) is 0 Å². The quantitative estimate of drug-likeness (QED) is 0.124. The minimum Gasteiger partial charge on any atom is -0.294 e. The highest BCUT2D eigenvalue weighted by molar-refractivity contribution is 7.30. The van der Waals surface area contributed by atoms with Gasteiger partial charge in [0.1, 0.15) is 11.6 Å². The highest BCUT2D eigenvalue weighted by Crippen LogP contribution is 2.36. The van der Waals surface area contributed by atoms with Gasteiger partial charge in [0.05, 0.1) is 33.1 Å². The van der Waals surface area contributed by atoms with E-state index < -0.39 is 8.07 Å². The van der Waals surface area contributed by atoms with Crippen LogP contribution in [0, 0.1) is 0 Å². The average molecular weight is 814 g/mol. The van der Waals surface area contributed by atoms with Gasteiger partial charge in [-0.25, -0.2) is 9.97 Å². The van der Waals surface area contributed by atoms with Gasteiger partial charge in [-0.05, 0) is 75.3 Å². The second kappa shape index (κ2) is 13.2. The highest BCUT2D eigenvalue weighted by atomic mass is 32.1. The summed E-state index contributed by atoms with van der Waals surface area (Å²) in [7, 11) is -3.20. The van der Waals surface area contributed by atoms with Crippen molar-refractivity contribution in [2.75, 3.05) is 0 Å². The summed E-state index contributed by atoms with van der Waals surface area (Å²) in [6.45, 7) is 0. The van der Waals surface area contributed by atoms with Crippen LogP contribution in [0.3, 0.4) is 0 Å². The predicted octanol–water partition coefficient (Wildman–Crippen LogP) is 10.7. The first-order chi connectivity index (χ1) is 30.3. The van der Waals surface area contributed by atoms with Crippen molar-refractivity contribution in [1.82, 2.24) is 23.5 Å². The fourth-order valence-electron chi connectivity index (χ4n) is 10.1. The standard InChI is InChI=1S/C54H35N5SSi/c1-3-18-36(19-4-1)61(37-20-5-2-6-21-37,50-33-17-25-42-41-24-9-16-32-49(41)60-53(42)50)38-34-51(57-44-27-11-7-22-39(44)40-23-8-12-28-45(40)57)56-52(35-38)59-48-31-15-14-30-47(48)58-46-29-13-10-26-43(46)55-54(58)59/h1-35H. The molecular weight excluding hydrogens is 779 g/mol. The third kappa shape index (κ3) is 4.87. The third-order valence-electron chi connectivity index (χ3n) is 12.6. The molecule has 0 saturated carbocycles. The zero-order valence-corrected chi connectivity index (χ0v) is 34.7. The van der Waals surface area contributed by atoms with Crippen molar-refractivity contribution in [3.63, 3.8) is 0 Å². The minimum atomic E-state index is -3.20. The lowest BCUT2D eigenvalue weighted by molar-refractivity contribution is 0.999. The highest BCUT2D eigenvalue weighted by Gasteiger charge is 2.44. The Morgan fingerprint density at radius 1 is 0.377 bits per heavy atom. The molecule has 61 heavy (non-hydrogen) atoms. The number of imidazole rings is 2. The van der Waals surface area contributed by atoms with Gasteiger partial charge >= 0.3 is 0 Å². The van der Waals surface area contributed by atoms with Crippen LogP contribution < -0.4 is 20.7 Å². The van der Waals surface area contributed by atoms with Crippen LogP contribution in [0.25, 0.3) is 81.5 Å². The van der Waals surface area contributed by atoms with Crippen molar-refractivity contribution in [2.24, 2.45) is 0 Å². The molecule has 0 aliphatic rings. The molecular formula is C54H35N5SSi. The topological polar surface area (TPSA) is 40.0 Å². The molecule has 5 nitrogen and oxygen atoms in total. The SMILES string of the molecule is c1ccc([Si](c2ccccc2)(c2cc(-n3c4ccccc4c4ccccc43)nc(-n3c4ccccc4n4c5ccccc5nc34)c2)c2cccc3c2sc2ccccc23)cc1. The maximum absolute atomic E-state index is 5.78. The smallest absolute Gasteiger partial charge is 0.221 e. The molecule has 0 unspecified atom stereocenters. The Morgan fingerprint density at radius 2 is 0.902 bits per heavy atom. The van der Waals surface area contributed by atoms with E-state index in [1.807, 2.05) is 11.3 Å². The summed E-state index contributed by atoms with van der Waals surface area (Å²) < 4.78 is 9.57. The summed E-state index contributed by atoms with van der Waals surface area (Å²) in [5.74, 6) is 2.52. The molecule has 0 aliphatic heterocycles. The van der Waals surface area contributed by atoms with Crippen LogP contribution in [0.15, 0.2) is 212 Å². The number of hydrogen-bond donors (Lipinski definition) is 0. The number of thiophene rings is 1. The Morgan fingerprint density at radius 3 is 1.59 bits per heavy atom. The summed E-state index contributed by atoms with van der Waals surface area (Å²) in [5.41, 5.74) is 6.39. The second-order valence-corrected chi connectivity index (χ2v) is 20.6. The largest absolute Gasteiger partial charge is 0.294 e. The lowest BCUT2D eigenvalue weighted by Crippen LogP contribution is -2.75. The van der Waals surface area contributed by atoms with Gasteiger partial charge in [0.25, 0.3) is 0 Å². The first-order valence-corrected chi connectivity index (χ1v) is 23.5. The molecule has 7 heteroatoms. The van der Waals surface area contributed by atoms with Gasteiger partial charge in [-0.15, -0.1) is 11.3 Å². The number of nitrogens with zero attached hydrogens (tertiary/aromatic N) is 5. The Bertz CT molecular complexity index is 3750. The lowest BCUT2D eigenvalue weighted by Gasteiger charge is -2.35. The zero-order valence-electron chi connectivity index (χ0n) is 32.9. The molecule has 0 fully saturated rings. The van der Waals surface area contributed by atoms with E-state index in [2.05, 4.69) is 226 Å². The van der Waals surface area contributed by atoms with E-state index in [-0.39, 0.29) is 0 Å². The fourth-order valence-corrected chi connectivity index (χ4v) is 16.6. The number of benzene rings is 8. The first kappa shape index (κ1) is 34.3. The molecule has 0 amide bonds. The van der Waals surface area contributed by atoms with Crippen LogP contribution in [0.2, 0.25) is 0 Å². The maximum atomic E-state index is 5.78. The van der Waals surface area contributed by atoms with Crippen LogP contribution in [-0.4, -0.2) is 31.6 Å². The van der Waals surface area contributed by atoms with E-state index in [4.69, 9.17) is 9.97 Å². The summed E-state index contributed by atoms with van der Waals surface area (Å²) in [4.78, 5) is 11.1. The van der Waals surface area contributed by atoms with Gasteiger partial charge in [-0.3, -0.25) is 13.5 Å². The average Bonchev–Trinajstić information content (AvgIpc) is 4.07. The molecule has 13 rings (SSSR count). The van der Waals surface area contributed by atoms with Gasteiger partial charge in [-0.2, -0.15) is 0 Å². The van der Waals surface area contributed by atoms with Crippen molar-refractivity contribution in [1.29, 1.82) is 0 Å². The molecule has 0 spiro atoms. The van der Waals surface area contributed by atoms with E-state index in [9.17, 15) is 0 Å². The van der Waals surface area contributed by atoms with Gasteiger partial charge in [-0.1, -0.05) is 158 Å². The molecule has 0 saturated heterocycles. The lowest BCUT2D eigenvalue weighted by atomic mass is 10.1. The normalized spacial score (nSPS) is 12.3. The van der Waals surface area contributed by atoms with E-state index in [0.29, 0.717) is 0 Å². The van der Waals surface area contributed by atoms with Gasteiger partial charge < -0.3 is 0 Å². The van der Waals surface area contributed by atoms with Crippen molar-refractivity contribution >= 4 is 110 Å². The van der Waals surface area contributed by atoms with Crippen LogP contribution in [-0.2, 0) is 0 Å². The van der Waals surface area contributed by atoms with E-state index in [1.54, 1.807) is 0 Å². The van der Waals surface area contributed by atoms with E-state index in [1.165, 1.54) is 51.7 Å². The molecule has 13 aromatic rings. The van der Waals surface area contributed by atoms with E-state index in [0.717, 1.165) is 50.5 Å². The number of rotatable bonds is 6. The van der Waals surface area contributed by atoms with Crippen LogP contribution in [0.1, 0.15) is 0 Å². The van der Waals surface area contributed by atoms with Crippen LogP contribution >= 0.6 is 11.3 Å². The number of hydrogen-bond acceptors (Lipinski definition) is 3. The Hall–Kier alpha value is -7.58. The van der Waals surface area contributed by atoms with Crippen molar-refractivity contribution < 1.29 is 0 Å². The number of pyridine rings is 1. The molecule has 0 aliphatic carbocycles. The minimum absolute atomic E-state index is 0.822. The monoisotopic (exact) mass is 813 g/mol. The first-order valence-electron chi connectivity index (χ1n) is 20.7. The summed E-state index contributed by atoms with van der Waals surface area (Å²) in [6.07, 6.45) is 0. The number of fused-ring (bicyclic) bond motifs is 11. The van der Waals surface area contributed by atoms with Gasteiger partial charge in [0.2, 0.25) is 5.78 Å². The van der Waals surface area contributed by atoms with Crippen molar-refractivity contribution in [3.8, 4) is 11.6 Å². The molecule has 0 bridgehead atoms. The van der Waals surface area contributed by atoms with Crippen LogP contribution in [0.5, 0.6) is 0 Å². The van der Waals surface area contributed by atoms with Gasteiger partial charge in [0.15, 0.2) is 8.07 Å². The van der Waals surface area contributed by atoms with Crippen molar-refractivity contribution in [3.05, 3.63) is 212 Å². The molecule has 8 aromatic carbocycles. The fraction of sp³-hybridized carbons (Fsp3) is 0. The Balaban J connectivity index is 1.25. The van der Waals surface area contributed by atoms with Gasteiger partial charge in [0, 0.05) is 30.9 Å². The summed E-state index contributed by atoms with van der Waals surface area (Å²) in [6, 6.07) is 77.7. The summed E-state index contributed by atoms with van der Waals surface area (Å²) in [5, 5.41) is 10.2. The summed E-state index contributed by atoms with van der Waals surface area (Å²) >= 11 is 1.91. The Kier molecular flexibility index (Phi) is 7.43. The molecule has 5 heterocycles. The molecule has 0 radical (unpaired) electrons. The molecule has 5 aromatic heterocycles. The molecule has 0 N–H and O–H groups in total. The predicted molar refractivity (Wildman–Crippen MR) is 258 cm³/mol. The molecule has 286 valence electrons. The zero-order chi connectivity index (χ0) is 40.1. The number of para-hydroxylation sites is 6. The second-order valence-electron chi connectivity index (χ2n) is 15.8. The maximum Gasteiger partial charge on any atom is 0.221 e. The molecule has 0 atom stereocenters. The van der Waals surface area contributed by atoms with E-state index >= 15 is 0 Å².